The maximum Gasteiger partial charge on any atom is 0.341 e. The molecule has 2 rings (SSSR count). The van der Waals surface area contributed by atoms with Gasteiger partial charge in [-0.05, 0) is 37.5 Å². The van der Waals surface area contributed by atoms with E-state index in [-0.39, 0.29) is 22.8 Å². The van der Waals surface area contributed by atoms with E-state index in [1.807, 2.05) is 0 Å². The monoisotopic (exact) mass is 327 g/mol. The predicted molar refractivity (Wildman–Crippen MR) is 81.4 cm³/mol. The molecule has 1 amide bonds. The lowest BCUT2D eigenvalue weighted by Gasteiger charge is -2.22. The van der Waals surface area contributed by atoms with Crippen LogP contribution in [0, 0.1) is 0 Å². The number of halogens is 1. The summed E-state index contributed by atoms with van der Waals surface area (Å²) in [5.41, 5.74) is 0.536. The van der Waals surface area contributed by atoms with E-state index in [0.717, 1.165) is 19.3 Å². The smallest absolute Gasteiger partial charge is 0.341 e. The number of hydrogen-bond acceptors (Lipinski definition) is 4. The molecule has 0 bridgehead atoms. The van der Waals surface area contributed by atoms with Crippen molar-refractivity contribution in [1.29, 1.82) is 0 Å². The van der Waals surface area contributed by atoms with E-state index in [0.29, 0.717) is 18.7 Å². The predicted octanol–water partition coefficient (Wildman–Crippen LogP) is 2.70. The van der Waals surface area contributed by atoms with E-state index in [2.05, 4.69) is 5.32 Å². The third kappa shape index (κ3) is 5.20. The first-order valence-electron chi connectivity index (χ1n) is 7.10. The molecule has 1 saturated heterocycles. The van der Waals surface area contributed by atoms with Gasteiger partial charge in [0.1, 0.15) is 5.75 Å². The van der Waals surface area contributed by atoms with Gasteiger partial charge in [0.05, 0.1) is 17.5 Å². The molecule has 0 aliphatic carbocycles. The zero-order valence-corrected chi connectivity index (χ0v) is 12.8. The summed E-state index contributed by atoms with van der Waals surface area (Å²) in [4.78, 5) is 22.4. The minimum absolute atomic E-state index is 0.0256. The van der Waals surface area contributed by atoms with Gasteiger partial charge >= 0.3 is 5.97 Å². The van der Waals surface area contributed by atoms with E-state index in [1.165, 1.54) is 12.1 Å². The van der Waals surface area contributed by atoms with Crippen LogP contribution in [0.15, 0.2) is 18.2 Å². The first kappa shape index (κ1) is 16.6. The van der Waals surface area contributed by atoms with Gasteiger partial charge in [0, 0.05) is 12.3 Å². The number of nitrogens with one attached hydrogen (secondary N) is 1. The van der Waals surface area contributed by atoms with Gasteiger partial charge < -0.3 is 19.9 Å². The summed E-state index contributed by atoms with van der Waals surface area (Å²) in [6.07, 6.45) is 3.32. The summed E-state index contributed by atoms with van der Waals surface area (Å²) >= 11 is 5.99. The maximum atomic E-state index is 11.9. The molecular formula is C15H18ClNO5. The number of carboxylic acids is 1. The van der Waals surface area contributed by atoms with Crippen LogP contribution in [-0.2, 0) is 14.3 Å². The lowest BCUT2D eigenvalue weighted by molar-refractivity contribution is -0.139. The zero-order chi connectivity index (χ0) is 15.9. The van der Waals surface area contributed by atoms with Crippen molar-refractivity contribution in [2.75, 3.05) is 18.5 Å². The summed E-state index contributed by atoms with van der Waals surface area (Å²) in [5.74, 6) is -0.958. The highest BCUT2D eigenvalue weighted by Crippen LogP contribution is 2.28. The number of ether oxygens (including phenoxy) is 2. The molecule has 1 aromatic rings. The van der Waals surface area contributed by atoms with Crippen molar-refractivity contribution in [2.24, 2.45) is 0 Å². The van der Waals surface area contributed by atoms with Gasteiger partial charge in [-0.1, -0.05) is 11.6 Å². The molecule has 0 radical (unpaired) electrons. The fraction of sp³-hybridized carbons (Fsp3) is 0.467. The number of benzene rings is 1. The Kier molecular flexibility index (Phi) is 6.03. The molecule has 1 aliphatic heterocycles. The maximum absolute atomic E-state index is 11.9. The molecule has 1 atom stereocenters. The molecule has 7 heteroatoms. The summed E-state index contributed by atoms with van der Waals surface area (Å²) in [6, 6.07) is 4.67. The van der Waals surface area contributed by atoms with E-state index < -0.39 is 12.6 Å². The van der Waals surface area contributed by atoms with E-state index in [9.17, 15) is 9.59 Å². The summed E-state index contributed by atoms with van der Waals surface area (Å²) in [6.45, 7) is 0.240. The first-order valence-corrected chi connectivity index (χ1v) is 7.48. The number of aliphatic carboxylic acids is 1. The summed E-state index contributed by atoms with van der Waals surface area (Å²) < 4.78 is 10.5. The highest BCUT2D eigenvalue weighted by Gasteiger charge is 2.18. The van der Waals surface area contributed by atoms with Crippen LogP contribution in [0.4, 0.5) is 5.69 Å². The Bertz CT molecular complexity index is 543. The molecule has 2 N–H and O–H groups in total. The molecule has 1 aromatic carbocycles. The van der Waals surface area contributed by atoms with E-state index in [1.54, 1.807) is 6.07 Å². The molecule has 22 heavy (non-hydrogen) atoms. The van der Waals surface area contributed by atoms with Crippen molar-refractivity contribution in [1.82, 2.24) is 0 Å². The van der Waals surface area contributed by atoms with Gasteiger partial charge in [0.2, 0.25) is 5.91 Å². The molecule has 1 fully saturated rings. The average Bonchev–Trinajstić information content (AvgIpc) is 2.47. The van der Waals surface area contributed by atoms with E-state index in [4.69, 9.17) is 26.2 Å². The molecule has 120 valence electrons. The molecule has 6 nitrogen and oxygen atoms in total. The van der Waals surface area contributed by atoms with Crippen LogP contribution >= 0.6 is 11.6 Å². The summed E-state index contributed by atoms with van der Waals surface area (Å²) in [5, 5.41) is 11.5. The Balaban J connectivity index is 1.88. The van der Waals surface area contributed by atoms with Gasteiger partial charge in [-0.25, -0.2) is 4.79 Å². The van der Waals surface area contributed by atoms with Crippen molar-refractivity contribution in [2.45, 2.75) is 31.8 Å². The van der Waals surface area contributed by atoms with Gasteiger partial charge in [0.15, 0.2) is 6.61 Å². The lowest BCUT2D eigenvalue weighted by Crippen LogP contribution is -2.25. The minimum atomic E-state index is -1.08. The Morgan fingerprint density at radius 3 is 2.86 bits per heavy atom. The third-order valence-corrected chi connectivity index (χ3v) is 3.55. The fourth-order valence-electron chi connectivity index (χ4n) is 2.22. The number of carbonyl (C=O) groups excluding carboxylic acids is 1. The molecule has 0 aromatic heterocycles. The van der Waals surface area contributed by atoms with Gasteiger partial charge in [0.25, 0.3) is 0 Å². The number of anilines is 1. The van der Waals surface area contributed by atoms with Gasteiger partial charge in [-0.3, -0.25) is 4.79 Å². The average molecular weight is 328 g/mol. The number of carboxylic acid groups (broad SMARTS) is 1. The fourth-order valence-corrected chi connectivity index (χ4v) is 2.46. The van der Waals surface area contributed by atoms with Crippen LogP contribution < -0.4 is 10.1 Å². The second-order valence-corrected chi connectivity index (χ2v) is 5.48. The molecule has 0 saturated carbocycles. The topological polar surface area (TPSA) is 84.9 Å². The van der Waals surface area contributed by atoms with Crippen LogP contribution in [0.5, 0.6) is 5.75 Å². The van der Waals surface area contributed by atoms with Crippen molar-refractivity contribution in [3.8, 4) is 5.75 Å². The normalized spacial score (nSPS) is 17.8. The highest BCUT2D eigenvalue weighted by atomic mass is 35.5. The first-order chi connectivity index (χ1) is 10.5. The zero-order valence-electron chi connectivity index (χ0n) is 12.0. The second-order valence-electron chi connectivity index (χ2n) is 5.07. The minimum Gasteiger partial charge on any atom is -0.480 e. The van der Waals surface area contributed by atoms with E-state index >= 15 is 0 Å². The second kappa shape index (κ2) is 8.00. The molecule has 1 unspecified atom stereocenters. The third-order valence-electron chi connectivity index (χ3n) is 3.25. The van der Waals surface area contributed by atoms with Crippen molar-refractivity contribution in [3.63, 3.8) is 0 Å². The Labute approximate surface area is 133 Å². The molecule has 1 heterocycles. The Morgan fingerprint density at radius 2 is 2.23 bits per heavy atom. The largest absolute Gasteiger partial charge is 0.480 e. The number of amides is 1. The Hall–Kier alpha value is -1.79. The van der Waals surface area contributed by atoms with Crippen molar-refractivity contribution in [3.05, 3.63) is 23.2 Å². The van der Waals surface area contributed by atoms with Crippen LogP contribution in [0.3, 0.4) is 0 Å². The van der Waals surface area contributed by atoms with Crippen LogP contribution in [0.1, 0.15) is 25.7 Å². The number of rotatable bonds is 6. The lowest BCUT2D eigenvalue weighted by atomic mass is 10.1. The summed E-state index contributed by atoms with van der Waals surface area (Å²) in [7, 11) is 0. The Morgan fingerprint density at radius 1 is 1.41 bits per heavy atom. The molecule has 0 spiro atoms. The van der Waals surface area contributed by atoms with Gasteiger partial charge in [-0.15, -0.1) is 0 Å². The standard InChI is InChI=1S/C15H18ClNO5/c16-12-7-10(4-5-13(12)22-9-15(19)20)17-14(18)8-11-3-1-2-6-21-11/h4-5,7,11H,1-3,6,8-9H2,(H,17,18)(H,19,20). The van der Waals surface area contributed by atoms with Crippen molar-refractivity contribution >= 4 is 29.2 Å². The number of carbonyl (C=O) groups is 2. The van der Waals surface area contributed by atoms with Gasteiger partial charge in [-0.2, -0.15) is 0 Å². The van der Waals surface area contributed by atoms with Crippen LogP contribution in [0.2, 0.25) is 5.02 Å². The van der Waals surface area contributed by atoms with Crippen molar-refractivity contribution < 1.29 is 24.2 Å². The SMILES string of the molecule is O=C(O)COc1ccc(NC(=O)CC2CCCCO2)cc1Cl. The molecular weight excluding hydrogens is 310 g/mol. The van der Waals surface area contributed by atoms with Crippen LogP contribution in [0.25, 0.3) is 0 Å². The van der Waals surface area contributed by atoms with Crippen LogP contribution in [-0.4, -0.2) is 36.3 Å². The highest BCUT2D eigenvalue weighted by molar-refractivity contribution is 6.32. The quantitative estimate of drug-likeness (QED) is 0.839. The number of hydrogen-bond donors (Lipinski definition) is 2. The molecule has 1 aliphatic rings.